The normalized spacial score (nSPS) is 22.3. The van der Waals surface area contributed by atoms with E-state index >= 15 is 0 Å². The van der Waals surface area contributed by atoms with Crippen LogP contribution >= 0.6 is 0 Å². The Morgan fingerprint density at radius 3 is 2.24 bits per heavy atom. The Hall–Kier alpha value is -1.16. The molecular weight excluding hydrogens is 270 g/mol. The average Bonchev–Trinajstić information content (AvgIpc) is 2.45. The summed E-state index contributed by atoms with van der Waals surface area (Å²) in [6, 6.07) is 3.14. The average molecular weight is 296 g/mol. The molecule has 1 fully saturated rings. The molecule has 2 rings (SSSR count). The molecule has 0 heterocycles. The highest BCUT2D eigenvalue weighted by Gasteiger charge is 2.25. The molecule has 1 N–H and O–H groups in total. The summed E-state index contributed by atoms with van der Waals surface area (Å²) in [5.41, 5.74) is 0.774. The van der Waals surface area contributed by atoms with E-state index in [-0.39, 0.29) is 11.7 Å². The van der Waals surface area contributed by atoms with Gasteiger partial charge in [-0.15, -0.1) is 0 Å². The van der Waals surface area contributed by atoms with Gasteiger partial charge in [0.25, 0.3) is 0 Å². The maximum absolute atomic E-state index is 14.3. The maximum atomic E-state index is 14.3. The number of halogens is 2. The molecule has 1 aliphatic carbocycles. The molecule has 1 saturated carbocycles. The Morgan fingerprint density at radius 1 is 1.14 bits per heavy atom. The second-order valence-corrected chi connectivity index (χ2v) is 6.21. The Balaban J connectivity index is 2.15. The van der Waals surface area contributed by atoms with Crippen molar-refractivity contribution in [1.82, 2.24) is 5.32 Å². The third-order valence-corrected chi connectivity index (χ3v) is 4.54. The summed E-state index contributed by atoms with van der Waals surface area (Å²) in [6.07, 6.45) is 4.29. The molecule has 1 aromatic carbocycles. The van der Waals surface area contributed by atoms with Crippen molar-refractivity contribution in [2.45, 2.75) is 52.1 Å². The quantitative estimate of drug-likeness (QED) is 0.880. The maximum Gasteiger partial charge on any atom is 0.149 e. The fraction of sp³-hybridized carbons (Fsp3) is 0.647. The number of nitrogens with one attached hydrogen (secondary N) is 1. The number of nitrogens with zero attached hydrogens (tertiary/aromatic N) is 1. The molecule has 0 radical (unpaired) electrons. The van der Waals surface area contributed by atoms with Gasteiger partial charge in [-0.05, 0) is 55.8 Å². The van der Waals surface area contributed by atoms with Gasteiger partial charge in [0.1, 0.15) is 17.3 Å². The molecule has 0 unspecified atom stereocenters. The summed E-state index contributed by atoms with van der Waals surface area (Å²) in [5.74, 6) is -0.181. The van der Waals surface area contributed by atoms with E-state index in [4.69, 9.17) is 0 Å². The second-order valence-electron chi connectivity index (χ2n) is 6.21. The molecule has 0 aromatic heterocycles. The molecule has 21 heavy (non-hydrogen) atoms. The molecule has 0 spiro atoms. The molecule has 0 bridgehead atoms. The van der Waals surface area contributed by atoms with Crippen molar-refractivity contribution >= 4 is 5.69 Å². The lowest BCUT2D eigenvalue weighted by atomic mass is 9.86. The van der Waals surface area contributed by atoms with Crippen LogP contribution in [0.15, 0.2) is 12.1 Å². The van der Waals surface area contributed by atoms with Gasteiger partial charge in [-0.2, -0.15) is 0 Å². The van der Waals surface area contributed by atoms with E-state index in [9.17, 15) is 8.78 Å². The molecule has 0 aliphatic heterocycles. The van der Waals surface area contributed by atoms with Crippen LogP contribution in [-0.2, 0) is 6.54 Å². The zero-order chi connectivity index (χ0) is 15.4. The van der Waals surface area contributed by atoms with Crippen molar-refractivity contribution in [2.24, 2.45) is 5.92 Å². The van der Waals surface area contributed by atoms with Gasteiger partial charge in [0.2, 0.25) is 0 Å². The minimum atomic E-state index is -0.455. The molecule has 118 valence electrons. The lowest BCUT2D eigenvalue weighted by molar-refractivity contribution is 0.338. The minimum Gasteiger partial charge on any atom is -0.367 e. The summed E-state index contributed by atoms with van der Waals surface area (Å²) in [5, 5.41) is 3.09. The van der Waals surface area contributed by atoms with Crippen LogP contribution in [0.4, 0.5) is 14.5 Å². The van der Waals surface area contributed by atoms with Crippen LogP contribution in [0.25, 0.3) is 0 Å². The largest absolute Gasteiger partial charge is 0.367 e. The second kappa shape index (κ2) is 7.21. The minimum absolute atomic E-state index is 0.120. The van der Waals surface area contributed by atoms with E-state index in [1.54, 1.807) is 4.90 Å². The number of benzene rings is 1. The lowest BCUT2D eigenvalue weighted by Gasteiger charge is -2.35. The monoisotopic (exact) mass is 296 g/mol. The van der Waals surface area contributed by atoms with Gasteiger partial charge in [0.05, 0.1) is 0 Å². The Bertz CT molecular complexity index is 445. The third kappa shape index (κ3) is 3.94. The molecule has 2 nitrogen and oxygen atoms in total. The van der Waals surface area contributed by atoms with Crippen LogP contribution in [0.3, 0.4) is 0 Å². The smallest absolute Gasteiger partial charge is 0.149 e. The van der Waals surface area contributed by atoms with Gasteiger partial charge >= 0.3 is 0 Å². The summed E-state index contributed by atoms with van der Waals surface area (Å²) < 4.78 is 28.6. The zero-order valence-electron chi connectivity index (χ0n) is 13.3. The van der Waals surface area contributed by atoms with Crippen molar-refractivity contribution in [3.63, 3.8) is 0 Å². The topological polar surface area (TPSA) is 15.3 Å². The van der Waals surface area contributed by atoms with Crippen LogP contribution in [-0.4, -0.2) is 19.6 Å². The van der Waals surface area contributed by atoms with Crippen LogP contribution < -0.4 is 10.2 Å². The number of hydrogen-bond donors (Lipinski definition) is 1. The Labute approximate surface area is 126 Å². The zero-order valence-corrected chi connectivity index (χ0v) is 13.3. The van der Waals surface area contributed by atoms with Crippen LogP contribution in [0.2, 0.25) is 0 Å². The van der Waals surface area contributed by atoms with Crippen LogP contribution in [0, 0.1) is 17.6 Å². The highest BCUT2D eigenvalue weighted by Crippen LogP contribution is 2.32. The van der Waals surface area contributed by atoms with Crippen molar-refractivity contribution in [2.75, 3.05) is 18.5 Å². The summed E-state index contributed by atoms with van der Waals surface area (Å²) in [7, 11) is 1.81. The molecule has 1 aliphatic rings. The predicted molar refractivity (Wildman–Crippen MR) is 83.6 cm³/mol. The van der Waals surface area contributed by atoms with E-state index in [1.807, 2.05) is 14.0 Å². The predicted octanol–water partition coefficient (Wildman–Crippen LogP) is 4.09. The van der Waals surface area contributed by atoms with Crippen molar-refractivity contribution < 1.29 is 8.78 Å². The molecular formula is C17H26F2N2. The van der Waals surface area contributed by atoms with Crippen LogP contribution in [0.5, 0.6) is 0 Å². The summed E-state index contributed by atoms with van der Waals surface area (Å²) in [4.78, 5) is 1.80. The van der Waals surface area contributed by atoms with Gasteiger partial charge < -0.3 is 10.2 Å². The molecule has 4 heteroatoms. The number of anilines is 1. The van der Waals surface area contributed by atoms with Crippen molar-refractivity contribution in [3.05, 3.63) is 29.3 Å². The Morgan fingerprint density at radius 2 is 1.71 bits per heavy atom. The molecule has 0 amide bonds. The first-order valence-electron chi connectivity index (χ1n) is 7.94. The van der Waals surface area contributed by atoms with Gasteiger partial charge in [0.15, 0.2) is 0 Å². The fourth-order valence-electron chi connectivity index (χ4n) is 3.14. The van der Waals surface area contributed by atoms with Crippen molar-refractivity contribution in [1.29, 1.82) is 0 Å². The fourth-order valence-corrected chi connectivity index (χ4v) is 3.14. The molecule has 0 saturated heterocycles. The summed E-state index contributed by atoms with van der Waals surface area (Å²) in [6.45, 7) is 5.49. The summed E-state index contributed by atoms with van der Waals surface area (Å²) >= 11 is 0. The standard InChI is InChI=1S/C17H26F2N2/c1-4-20-11-13-9-15(18)17(16(19)10-13)21(3)14-7-5-12(2)6-8-14/h9-10,12,14,20H,4-8,11H2,1-3H3. The highest BCUT2D eigenvalue weighted by atomic mass is 19.1. The third-order valence-electron chi connectivity index (χ3n) is 4.54. The van der Waals surface area contributed by atoms with Gasteiger partial charge in [0, 0.05) is 19.6 Å². The van der Waals surface area contributed by atoms with Crippen molar-refractivity contribution in [3.8, 4) is 0 Å². The molecule has 0 atom stereocenters. The van der Waals surface area contributed by atoms with Gasteiger partial charge in [-0.3, -0.25) is 0 Å². The molecule has 1 aromatic rings. The van der Waals surface area contributed by atoms with E-state index < -0.39 is 11.6 Å². The number of rotatable bonds is 5. The van der Waals surface area contributed by atoms with E-state index in [0.29, 0.717) is 12.1 Å². The van der Waals surface area contributed by atoms with Gasteiger partial charge in [-0.1, -0.05) is 13.8 Å². The van der Waals surface area contributed by atoms with E-state index in [1.165, 1.54) is 12.1 Å². The number of hydrogen-bond acceptors (Lipinski definition) is 2. The highest BCUT2D eigenvalue weighted by molar-refractivity contribution is 5.51. The van der Waals surface area contributed by atoms with Gasteiger partial charge in [-0.25, -0.2) is 8.78 Å². The lowest BCUT2D eigenvalue weighted by Crippen LogP contribution is -2.36. The van der Waals surface area contributed by atoms with Crippen LogP contribution in [0.1, 0.15) is 45.1 Å². The van der Waals surface area contributed by atoms with E-state index in [2.05, 4.69) is 12.2 Å². The first kappa shape index (κ1) is 16.2. The Kier molecular flexibility index (Phi) is 5.57. The first-order chi connectivity index (χ1) is 10.0. The first-order valence-corrected chi connectivity index (χ1v) is 7.94. The SMILES string of the molecule is CCNCc1cc(F)c(N(C)C2CCC(C)CC2)c(F)c1. The van der Waals surface area contributed by atoms with E-state index in [0.717, 1.165) is 38.1 Å².